The van der Waals surface area contributed by atoms with E-state index in [2.05, 4.69) is 20.8 Å². The zero-order chi connectivity index (χ0) is 24.8. The summed E-state index contributed by atoms with van der Waals surface area (Å²) >= 11 is 0. The van der Waals surface area contributed by atoms with E-state index in [0.717, 1.165) is 46.7 Å². The van der Waals surface area contributed by atoms with Crippen molar-refractivity contribution in [3.05, 3.63) is 24.4 Å². The molecule has 5 heteroatoms. The minimum Gasteiger partial charge on any atom is -0.497 e. The van der Waals surface area contributed by atoms with E-state index >= 15 is 0 Å². The van der Waals surface area contributed by atoms with Crippen molar-refractivity contribution in [2.24, 2.45) is 46.3 Å². The van der Waals surface area contributed by atoms with E-state index < -0.39 is 0 Å². The van der Waals surface area contributed by atoms with Crippen LogP contribution in [0.25, 0.3) is 10.9 Å². The Labute approximate surface area is 215 Å². The minimum absolute atomic E-state index is 0.127. The van der Waals surface area contributed by atoms with Crippen molar-refractivity contribution in [3.63, 3.8) is 0 Å². The lowest BCUT2D eigenvalue weighted by atomic mass is 9.43. The molecule has 1 aromatic carbocycles. The number of rotatable bonds is 4. The Balaban J connectivity index is 1.13. The number of carbonyl (C=O) groups excluding carboxylic acids is 1. The van der Waals surface area contributed by atoms with Crippen molar-refractivity contribution in [1.82, 2.24) is 9.78 Å². The summed E-state index contributed by atoms with van der Waals surface area (Å²) in [5, 5.41) is 5.77. The number of ketones is 1. The molecule has 1 aromatic heterocycles. The fourth-order valence-electron chi connectivity index (χ4n) is 10.5. The number of ether oxygens (including phenoxy) is 2. The monoisotopic (exact) mass is 490 g/mol. The molecular weight excluding hydrogens is 448 g/mol. The van der Waals surface area contributed by atoms with E-state index in [9.17, 15) is 4.79 Å². The highest BCUT2D eigenvalue weighted by Gasteiger charge is 2.68. The number of nitrogens with zero attached hydrogens (tertiary/aromatic N) is 2. The second-order valence-electron chi connectivity index (χ2n) is 13.4. The van der Waals surface area contributed by atoms with Crippen molar-refractivity contribution in [1.29, 1.82) is 0 Å². The van der Waals surface area contributed by atoms with Gasteiger partial charge in [0.25, 0.3) is 0 Å². The largest absolute Gasteiger partial charge is 0.497 e. The molecule has 0 amide bonds. The Morgan fingerprint density at radius 1 is 1.11 bits per heavy atom. The summed E-state index contributed by atoms with van der Waals surface area (Å²) < 4.78 is 14.0. The molecule has 194 valence electrons. The van der Waals surface area contributed by atoms with Crippen molar-refractivity contribution < 1.29 is 14.3 Å². The van der Waals surface area contributed by atoms with Gasteiger partial charge in [-0.05, 0) is 99.0 Å². The first-order valence-electron chi connectivity index (χ1n) is 14.5. The van der Waals surface area contributed by atoms with E-state index in [-0.39, 0.29) is 11.3 Å². The van der Waals surface area contributed by atoms with E-state index in [1.165, 1.54) is 44.9 Å². The van der Waals surface area contributed by atoms with Crippen LogP contribution >= 0.6 is 0 Å². The molecule has 1 aliphatic heterocycles. The molecule has 0 spiro atoms. The lowest BCUT2D eigenvalue weighted by molar-refractivity contribution is -0.136. The van der Waals surface area contributed by atoms with Crippen LogP contribution < -0.4 is 4.74 Å². The van der Waals surface area contributed by atoms with Crippen LogP contribution in [0.2, 0.25) is 0 Å². The van der Waals surface area contributed by atoms with E-state index in [1.54, 1.807) is 7.11 Å². The van der Waals surface area contributed by atoms with Crippen LogP contribution in [0.15, 0.2) is 24.4 Å². The number of fused-ring (bicyclic) bond motifs is 4. The first-order valence-corrected chi connectivity index (χ1v) is 14.5. The molecule has 5 aliphatic rings. The Hall–Kier alpha value is -1.88. The van der Waals surface area contributed by atoms with Gasteiger partial charge < -0.3 is 9.47 Å². The average molecular weight is 491 g/mol. The van der Waals surface area contributed by atoms with Gasteiger partial charge in [0.05, 0.1) is 31.4 Å². The molecule has 7 rings (SSSR count). The van der Waals surface area contributed by atoms with Gasteiger partial charge in [0, 0.05) is 29.0 Å². The van der Waals surface area contributed by atoms with Crippen LogP contribution in [-0.4, -0.2) is 34.9 Å². The standard InChI is InChI=1S/C31H42N2O3/c1-18-9-12-31-19(2)36-29(26(31)13-18)15-22-23-7-8-25(30(23,3)11-10-24(22)31)28(34)17-33-16-20-5-6-21(35-4)14-27(20)32-33/h5-6,14,16,18-19,22-26,29H,7-13,15,17H2,1-4H3/t18-,19+,22-,23-,24?,25+,26?,29+,30-,31-/m0/s1. The first kappa shape index (κ1) is 23.3. The fourth-order valence-corrected chi connectivity index (χ4v) is 10.5. The smallest absolute Gasteiger partial charge is 0.157 e. The van der Waals surface area contributed by atoms with Gasteiger partial charge in [0.1, 0.15) is 5.75 Å². The predicted molar refractivity (Wildman–Crippen MR) is 140 cm³/mol. The maximum Gasteiger partial charge on any atom is 0.157 e. The third kappa shape index (κ3) is 3.10. The highest BCUT2D eigenvalue weighted by atomic mass is 16.5. The highest BCUT2D eigenvalue weighted by molar-refractivity contribution is 5.84. The second-order valence-corrected chi connectivity index (χ2v) is 13.4. The molecule has 2 bridgehead atoms. The van der Waals surface area contributed by atoms with Gasteiger partial charge in [-0.15, -0.1) is 0 Å². The zero-order valence-corrected chi connectivity index (χ0v) is 22.4. The maximum absolute atomic E-state index is 13.8. The van der Waals surface area contributed by atoms with Crippen molar-refractivity contribution >= 4 is 16.7 Å². The summed E-state index contributed by atoms with van der Waals surface area (Å²) in [6.07, 6.45) is 13.0. The van der Waals surface area contributed by atoms with Crippen LogP contribution in [0.4, 0.5) is 0 Å². The molecule has 5 fully saturated rings. The Morgan fingerprint density at radius 3 is 2.81 bits per heavy atom. The molecule has 4 aliphatic carbocycles. The van der Waals surface area contributed by atoms with Gasteiger partial charge in [0.2, 0.25) is 0 Å². The molecule has 0 radical (unpaired) electrons. The van der Waals surface area contributed by atoms with E-state index in [1.807, 2.05) is 29.1 Å². The molecule has 2 heterocycles. The van der Waals surface area contributed by atoms with Crippen molar-refractivity contribution in [2.75, 3.05) is 7.11 Å². The predicted octanol–water partition coefficient (Wildman–Crippen LogP) is 6.29. The molecule has 1 saturated heterocycles. The number of hydrogen-bond acceptors (Lipinski definition) is 4. The molecule has 10 atom stereocenters. The number of hydrogen-bond donors (Lipinski definition) is 0. The fraction of sp³-hybridized carbons (Fsp3) is 0.742. The number of aromatic nitrogens is 2. The molecule has 2 unspecified atom stereocenters. The van der Waals surface area contributed by atoms with Crippen LogP contribution in [0.1, 0.15) is 72.1 Å². The van der Waals surface area contributed by atoms with Gasteiger partial charge in [-0.3, -0.25) is 9.48 Å². The van der Waals surface area contributed by atoms with Gasteiger partial charge in [-0.1, -0.05) is 20.3 Å². The summed E-state index contributed by atoms with van der Waals surface area (Å²) in [6, 6.07) is 5.93. The van der Waals surface area contributed by atoms with Crippen LogP contribution in [0.3, 0.4) is 0 Å². The van der Waals surface area contributed by atoms with Gasteiger partial charge >= 0.3 is 0 Å². The maximum atomic E-state index is 13.8. The van der Waals surface area contributed by atoms with E-state index in [4.69, 9.17) is 14.6 Å². The summed E-state index contributed by atoms with van der Waals surface area (Å²) in [5.74, 6) is 5.15. The molecular formula is C31H42N2O3. The van der Waals surface area contributed by atoms with Crippen molar-refractivity contribution in [2.45, 2.75) is 90.9 Å². The third-order valence-corrected chi connectivity index (χ3v) is 12.1. The summed E-state index contributed by atoms with van der Waals surface area (Å²) in [7, 11) is 1.67. The van der Waals surface area contributed by atoms with E-state index in [0.29, 0.717) is 35.9 Å². The van der Waals surface area contributed by atoms with Crippen LogP contribution in [-0.2, 0) is 16.1 Å². The summed E-state index contributed by atoms with van der Waals surface area (Å²) in [6.45, 7) is 7.69. The summed E-state index contributed by atoms with van der Waals surface area (Å²) in [5.41, 5.74) is 1.42. The van der Waals surface area contributed by atoms with Crippen molar-refractivity contribution in [3.8, 4) is 5.75 Å². The molecule has 36 heavy (non-hydrogen) atoms. The molecule has 4 saturated carbocycles. The normalized spacial score (nSPS) is 45.2. The topological polar surface area (TPSA) is 53.4 Å². The highest BCUT2D eigenvalue weighted by Crippen LogP contribution is 2.71. The Morgan fingerprint density at radius 2 is 1.97 bits per heavy atom. The molecule has 5 nitrogen and oxygen atoms in total. The first-order chi connectivity index (χ1) is 17.3. The van der Waals surface area contributed by atoms with Gasteiger partial charge in [-0.2, -0.15) is 5.10 Å². The zero-order valence-electron chi connectivity index (χ0n) is 22.4. The summed E-state index contributed by atoms with van der Waals surface area (Å²) in [4.78, 5) is 13.8. The quantitative estimate of drug-likeness (QED) is 0.506. The molecule has 0 N–H and O–H groups in total. The lowest BCUT2D eigenvalue weighted by Crippen LogP contribution is -2.57. The SMILES string of the molecule is COc1ccc2cn(CC(=O)[C@H]3CC[C@H]4[C@@H]5C[C@H]6O[C@H](C)[C@@]7(CC[C@H](C)CC67)C5CC[C@]34C)nc2c1. The molecule has 2 aromatic rings. The number of methoxy groups -OCH3 is 1. The minimum atomic E-state index is 0.127. The average Bonchev–Trinajstić information content (AvgIpc) is 3.48. The van der Waals surface area contributed by atoms with Gasteiger partial charge in [-0.25, -0.2) is 0 Å². The number of carbonyl (C=O) groups is 1. The Bertz CT molecular complexity index is 1190. The number of Topliss-reactive ketones (excluding diaryl/α,β-unsaturated/α-hetero) is 1. The third-order valence-electron chi connectivity index (χ3n) is 12.1. The number of benzene rings is 1. The van der Waals surface area contributed by atoms with Crippen LogP contribution in [0, 0.1) is 46.3 Å². The second kappa shape index (κ2) is 8.06. The Kier molecular flexibility index (Phi) is 5.20. The van der Waals surface area contributed by atoms with Crippen LogP contribution in [0.5, 0.6) is 5.75 Å². The van der Waals surface area contributed by atoms with Gasteiger partial charge in [0.15, 0.2) is 5.78 Å². The lowest BCUT2D eigenvalue weighted by Gasteiger charge is -2.60.